The number of halogens is 1. The molecule has 4 unspecified atom stereocenters. The van der Waals surface area contributed by atoms with Gasteiger partial charge in [-0.1, -0.05) is 98.8 Å². The van der Waals surface area contributed by atoms with Gasteiger partial charge in [-0.25, -0.2) is 4.39 Å². The van der Waals surface area contributed by atoms with E-state index in [1.165, 1.54) is 12.1 Å². The first-order valence-electron chi connectivity index (χ1n) is 21.7. The molecule has 4 amide bonds. The number of likely N-dealkylation sites (N-methyl/N-ethyl adjacent to an activating group) is 2. The van der Waals surface area contributed by atoms with Crippen LogP contribution in [0.1, 0.15) is 73.9 Å². The van der Waals surface area contributed by atoms with Crippen molar-refractivity contribution < 1.29 is 23.6 Å². The Bertz CT molecular complexity index is 2120. The van der Waals surface area contributed by atoms with Crippen molar-refractivity contribution in [2.24, 2.45) is 0 Å². The summed E-state index contributed by atoms with van der Waals surface area (Å²) < 4.78 is 14.0. The second kappa shape index (κ2) is 20.9. The topological polar surface area (TPSA) is 126 Å². The smallest absolute Gasteiger partial charge is 0.247 e. The molecule has 0 spiro atoms. The van der Waals surface area contributed by atoms with Gasteiger partial charge in [-0.3, -0.25) is 19.2 Å². The summed E-state index contributed by atoms with van der Waals surface area (Å²) >= 11 is 0. The van der Waals surface area contributed by atoms with Crippen LogP contribution in [0.2, 0.25) is 0 Å². The van der Waals surface area contributed by atoms with Crippen LogP contribution < -0.4 is 26.2 Å². The molecule has 2 aliphatic rings. The molecule has 7 rings (SSSR count). The Labute approximate surface area is 363 Å². The highest BCUT2D eigenvalue weighted by Gasteiger charge is 2.39. The Hall–Kier alpha value is -6.37. The van der Waals surface area contributed by atoms with Crippen molar-refractivity contribution in [1.82, 2.24) is 20.4 Å². The lowest BCUT2D eigenvalue weighted by molar-refractivity contribution is -0.138. The van der Waals surface area contributed by atoms with Crippen molar-refractivity contribution in [2.45, 2.75) is 76.8 Å². The second-order valence-electron chi connectivity index (χ2n) is 15.9. The molecule has 0 bridgehead atoms. The number of nitrogens with one attached hydrogen (secondary N) is 4. The number of nitrogens with zero attached hydrogens (tertiary/aromatic N) is 3. The number of amides is 4. The van der Waals surface area contributed by atoms with E-state index in [0.717, 1.165) is 40.8 Å². The Morgan fingerprint density at radius 2 is 0.984 bits per heavy atom. The Morgan fingerprint density at radius 3 is 1.37 bits per heavy atom. The highest BCUT2D eigenvalue weighted by atomic mass is 19.1. The van der Waals surface area contributed by atoms with Crippen molar-refractivity contribution in [2.75, 3.05) is 41.7 Å². The molecular weight excluding hydrogens is 782 g/mol. The van der Waals surface area contributed by atoms with Crippen molar-refractivity contribution in [1.29, 1.82) is 0 Å². The molecule has 2 heterocycles. The maximum Gasteiger partial charge on any atom is 0.247 e. The van der Waals surface area contributed by atoms with Crippen molar-refractivity contribution >= 4 is 40.7 Å². The average Bonchev–Trinajstić information content (AvgIpc) is 4.01. The van der Waals surface area contributed by atoms with Gasteiger partial charge in [0.25, 0.3) is 0 Å². The maximum absolute atomic E-state index is 14.0. The van der Waals surface area contributed by atoms with E-state index in [-0.39, 0.29) is 29.4 Å². The van der Waals surface area contributed by atoms with Crippen LogP contribution in [-0.2, 0) is 32.3 Å². The fourth-order valence-corrected chi connectivity index (χ4v) is 8.50. The molecule has 4 atom stereocenters. The number of benzene rings is 5. The van der Waals surface area contributed by atoms with E-state index in [4.69, 9.17) is 0 Å². The van der Waals surface area contributed by atoms with Crippen molar-refractivity contribution in [3.63, 3.8) is 0 Å². The van der Waals surface area contributed by atoms with E-state index in [0.29, 0.717) is 63.5 Å². The molecule has 5 aromatic carbocycles. The third-order valence-electron chi connectivity index (χ3n) is 11.6. The summed E-state index contributed by atoms with van der Waals surface area (Å²) in [6, 6.07) is 38.7. The standard InChI is InChI=1S/C50H56FN7O4/c1-3-52-45(37-13-7-5-8-14-37)49(61)57-31-11-17-43(57)47(59)54-40-25-19-35(20-26-40)33-56(42-29-23-39(51)24-30-42)34-36-21-27-41(28-22-36)55-48(60)44-18-12-32-58(44)50(62)46(53-4-2)38-15-9-6-10-16-38/h5-10,13-16,19-30,43-46,52-53H,3-4,11-12,17-18,31-34H2,1-2H3,(H,54,59)(H,55,60). The molecule has 322 valence electrons. The predicted octanol–water partition coefficient (Wildman–Crippen LogP) is 7.59. The van der Waals surface area contributed by atoms with Gasteiger partial charge in [-0.2, -0.15) is 0 Å². The van der Waals surface area contributed by atoms with Crippen LogP contribution in [0.3, 0.4) is 0 Å². The van der Waals surface area contributed by atoms with Crippen molar-refractivity contribution in [3.8, 4) is 0 Å². The normalized spacial score (nSPS) is 17.0. The van der Waals surface area contributed by atoms with Crippen LogP contribution >= 0.6 is 0 Å². The molecule has 4 N–H and O–H groups in total. The third kappa shape index (κ3) is 10.7. The fourth-order valence-electron chi connectivity index (χ4n) is 8.50. The van der Waals surface area contributed by atoms with Gasteiger partial charge in [0.15, 0.2) is 0 Å². The highest BCUT2D eigenvalue weighted by Crippen LogP contribution is 2.28. The molecule has 11 nitrogen and oxygen atoms in total. The van der Waals surface area contributed by atoms with E-state index < -0.39 is 24.2 Å². The van der Waals surface area contributed by atoms with Crippen LogP contribution in [0.25, 0.3) is 0 Å². The number of anilines is 3. The lowest BCUT2D eigenvalue weighted by Gasteiger charge is -2.29. The van der Waals surface area contributed by atoms with Crippen LogP contribution in [0.5, 0.6) is 0 Å². The van der Waals surface area contributed by atoms with Gasteiger partial charge >= 0.3 is 0 Å². The van der Waals surface area contributed by atoms with Crippen LogP contribution in [-0.4, -0.2) is 71.7 Å². The number of carbonyl (C=O) groups is 4. The lowest BCUT2D eigenvalue weighted by Crippen LogP contribution is -2.47. The summed E-state index contributed by atoms with van der Waals surface area (Å²) in [4.78, 5) is 60.3. The molecule has 2 saturated heterocycles. The minimum atomic E-state index is -0.567. The SMILES string of the molecule is CCNC(C(=O)N1CCCC1C(=O)Nc1ccc(CN(Cc2ccc(NC(=O)C3CCCN3C(=O)C(NCC)c3ccccc3)cc2)c2ccc(F)cc2)cc1)c1ccccc1. The van der Waals surface area contributed by atoms with Crippen LogP contribution in [0.4, 0.5) is 21.5 Å². The van der Waals surface area contributed by atoms with E-state index in [1.807, 2.05) is 123 Å². The summed E-state index contributed by atoms with van der Waals surface area (Å²) in [5.74, 6) is -0.960. The van der Waals surface area contributed by atoms with E-state index in [1.54, 1.807) is 21.9 Å². The quantitative estimate of drug-likeness (QED) is 0.0761. The highest BCUT2D eigenvalue weighted by molar-refractivity contribution is 5.99. The van der Waals surface area contributed by atoms with Gasteiger partial charge in [-0.05, 0) is 110 Å². The molecule has 0 saturated carbocycles. The molecule has 0 aliphatic carbocycles. The molecule has 0 aromatic heterocycles. The zero-order valence-electron chi connectivity index (χ0n) is 35.4. The Kier molecular flexibility index (Phi) is 14.8. The summed E-state index contributed by atoms with van der Waals surface area (Å²) in [6.45, 7) is 7.20. The average molecular weight is 838 g/mol. The van der Waals surface area contributed by atoms with Crippen molar-refractivity contribution in [3.05, 3.63) is 162 Å². The van der Waals surface area contributed by atoms with Gasteiger partial charge in [-0.15, -0.1) is 0 Å². The second-order valence-corrected chi connectivity index (χ2v) is 15.9. The third-order valence-corrected chi connectivity index (χ3v) is 11.6. The molecule has 2 fully saturated rings. The summed E-state index contributed by atoms with van der Waals surface area (Å²) in [5, 5.41) is 12.7. The fraction of sp³-hybridized carbons (Fsp3) is 0.320. The number of hydrogen-bond acceptors (Lipinski definition) is 7. The maximum atomic E-state index is 14.0. The van der Waals surface area contributed by atoms with Crippen LogP contribution in [0.15, 0.2) is 133 Å². The number of carbonyl (C=O) groups excluding carboxylic acids is 4. The minimum absolute atomic E-state index is 0.104. The van der Waals surface area contributed by atoms with Gasteiger partial charge in [0.05, 0.1) is 0 Å². The Morgan fingerprint density at radius 1 is 0.581 bits per heavy atom. The largest absolute Gasteiger partial charge is 0.363 e. The van der Waals surface area contributed by atoms with Gasteiger partial charge in [0.1, 0.15) is 30.0 Å². The molecule has 2 aliphatic heterocycles. The van der Waals surface area contributed by atoms with E-state index in [9.17, 15) is 23.6 Å². The Balaban J connectivity index is 0.978. The van der Waals surface area contributed by atoms with Gasteiger partial charge in [0, 0.05) is 43.2 Å². The molecule has 12 heteroatoms. The van der Waals surface area contributed by atoms with E-state index >= 15 is 0 Å². The molecule has 0 radical (unpaired) electrons. The monoisotopic (exact) mass is 837 g/mol. The van der Waals surface area contributed by atoms with Gasteiger partial charge in [0.2, 0.25) is 23.6 Å². The predicted molar refractivity (Wildman–Crippen MR) is 242 cm³/mol. The summed E-state index contributed by atoms with van der Waals surface area (Å²) in [7, 11) is 0. The van der Waals surface area contributed by atoms with E-state index in [2.05, 4.69) is 26.2 Å². The lowest BCUT2D eigenvalue weighted by atomic mass is 10.0. The number of hydrogen-bond donors (Lipinski definition) is 4. The zero-order chi connectivity index (χ0) is 43.4. The number of likely N-dealkylation sites (tertiary alicyclic amines) is 2. The summed E-state index contributed by atoms with van der Waals surface area (Å²) in [6.07, 6.45) is 2.69. The van der Waals surface area contributed by atoms with Gasteiger partial charge < -0.3 is 36.0 Å². The summed E-state index contributed by atoms with van der Waals surface area (Å²) in [5.41, 5.74) is 5.79. The molecule has 5 aromatic rings. The first-order chi connectivity index (χ1) is 30.2. The molecule has 62 heavy (non-hydrogen) atoms. The van der Waals surface area contributed by atoms with Crippen LogP contribution in [0, 0.1) is 5.82 Å². The minimum Gasteiger partial charge on any atom is -0.363 e. The first kappa shape index (κ1) is 43.7. The first-order valence-corrected chi connectivity index (χ1v) is 21.7. The zero-order valence-corrected chi connectivity index (χ0v) is 35.4. The number of rotatable bonds is 17. The molecular formula is C50H56FN7O4.